The maximum absolute atomic E-state index is 4.53. The Balaban J connectivity index is 2.22. The number of anilines is 1. The molecule has 0 saturated carbocycles. The van der Waals surface area contributed by atoms with E-state index in [4.69, 9.17) is 0 Å². The number of fused-ring (bicyclic) bond motifs is 1. The Morgan fingerprint density at radius 1 is 1.36 bits per heavy atom. The predicted octanol–water partition coefficient (Wildman–Crippen LogP) is 2.14. The summed E-state index contributed by atoms with van der Waals surface area (Å²) in [6, 6.07) is 8.51. The maximum atomic E-state index is 4.53. The predicted molar refractivity (Wildman–Crippen MR) is 60.3 cm³/mol. The highest BCUT2D eigenvalue weighted by molar-refractivity contribution is 5.93. The Hall–Kier alpha value is -1.51. The molecule has 1 aromatic carbocycles. The van der Waals surface area contributed by atoms with Gasteiger partial charge in [0.15, 0.2) is 0 Å². The van der Waals surface area contributed by atoms with Gasteiger partial charge in [0.2, 0.25) is 0 Å². The van der Waals surface area contributed by atoms with E-state index in [9.17, 15) is 0 Å². The number of hydrogen-bond acceptors (Lipinski definition) is 3. The molecule has 1 aliphatic rings. The van der Waals surface area contributed by atoms with Crippen LogP contribution in [0.2, 0.25) is 0 Å². The van der Waals surface area contributed by atoms with Crippen LogP contribution in [0.5, 0.6) is 0 Å². The number of benzene rings is 1. The average molecular weight is 189 g/mol. The summed E-state index contributed by atoms with van der Waals surface area (Å²) in [5.74, 6) is 1.01. The molecule has 1 heterocycles. The van der Waals surface area contributed by atoms with Gasteiger partial charge in [0.1, 0.15) is 5.84 Å². The van der Waals surface area contributed by atoms with Gasteiger partial charge in [-0.15, -0.1) is 0 Å². The van der Waals surface area contributed by atoms with E-state index in [-0.39, 0.29) is 0 Å². The van der Waals surface area contributed by atoms with Crippen LogP contribution in [0.3, 0.4) is 0 Å². The van der Waals surface area contributed by atoms with Crippen molar-refractivity contribution in [3.05, 3.63) is 24.3 Å². The molecule has 0 atom stereocenters. The fourth-order valence-electron chi connectivity index (χ4n) is 1.50. The highest BCUT2D eigenvalue weighted by Crippen LogP contribution is 2.26. The molecule has 0 bridgehead atoms. The first-order valence-corrected chi connectivity index (χ1v) is 4.93. The van der Waals surface area contributed by atoms with Crippen LogP contribution in [-0.4, -0.2) is 18.4 Å². The molecule has 14 heavy (non-hydrogen) atoms. The molecule has 0 amide bonds. The van der Waals surface area contributed by atoms with E-state index in [1.807, 2.05) is 24.3 Å². The lowest BCUT2D eigenvalue weighted by atomic mass is 10.2. The van der Waals surface area contributed by atoms with Crippen molar-refractivity contribution in [2.45, 2.75) is 19.9 Å². The molecule has 0 unspecified atom stereocenters. The van der Waals surface area contributed by atoms with Crippen molar-refractivity contribution in [1.29, 1.82) is 0 Å². The van der Waals surface area contributed by atoms with Crippen LogP contribution in [0.15, 0.2) is 29.3 Å². The summed E-state index contributed by atoms with van der Waals surface area (Å²) in [6.45, 7) is 5.02. The van der Waals surface area contributed by atoms with Gasteiger partial charge in [-0.2, -0.15) is 0 Å². The number of aliphatic imine (C=N–C) groups is 1. The topological polar surface area (TPSA) is 36.4 Å². The number of amidine groups is 1. The van der Waals surface area contributed by atoms with Gasteiger partial charge in [-0.3, -0.25) is 0 Å². The van der Waals surface area contributed by atoms with Crippen molar-refractivity contribution in [2.75, 3.05) is 11.9 Å². The second-order valence-corrected chi connectivity index (χ2v) is 3.73. The highest BCUT2D eigenvalue weighted by atomic mass is 15.1. The third kappa shape index (κ3) is 1.87. The molecule has 3 heteroatoms. The van der Waals surface area contributed by atoms with Gasteiger partial charge in [0, 0.05) is 6.04 Å². The number of nitrogens with one attached hydrogen (secondary N) is 2. The summed E-state index contributed by atoms with van der Waals surface area (Å²) in [7, 11) is 0. The largest absolute Gasteiger partial charge is 0.376 e. The molecule has 0 radical (unpaired) electrons. The van der Waals surface area contributed by atoms with Crippen molar-refractivity contribution in [3.63, 3.8) is 0 Å². The lowest BCUT2D eigenvalue weighted by molar-refractivity contribution is 0.727. The third-order valence-corrected chi connectivity index (χ3v) is 2.06. The lowest BCUT2D eigenvalue weighted by Crippen LogP contribution is -2.36. The zero-order chi connectivity index (χ0) is 9.97. The zero-order valence-electron chi connectivity index (χ0n) is 8.54. The van der Waals surface area contributed by atoms with Crippen LogP contribution in [0, 0.1) is 0 Å². The summed E-state index contributed by atoms with van der Waals surface area (Å²) in [5, 5.41) is 6.63. The van der Waals surface area contributed by atoms with Crippen LogP contribution in [0.1, 0.15) is 13.8 Å². The van der Waals surface area contributed by atoms with Gasteiger partial charge in [0.05, 0.1) is 17.9 Å². The van der Waals surface area contributed by atoms with E-state index in [2.05, 4.69) is 29.5 Å². The monoisotopic (exact) mass is 189 g/mol. The Bertz CT molecular complexity index is 355. The first-order chi connectivity index (χ1) is 6.75. The fourth-order valence-corrected chi connectivity index (χ4v) is 1.50. The molecule has 0 saturated heterocycles. The van der Waals surface area contributed by atoms with Gasteiger partial charge in [-0.1, -0.05) is 12.1 Å². The Morgan fingerprint density at radius 3 is 2.93 bits per heavy atom. The van der Waals surface area contributed by atoms with Crippen LogP contribution in [0.25, 0.3) is 0 Å². The minimum Gasteiger partial charge on any atom is -0.376 e. The van der Waals surface area contributed by atoms with Crippen molar-refractivity contribution in [3.8, 4) is 0 Å². The average Bonchev–Trinajstić information content (AvgIpc) is 2.17. The van der Waals surface area contributed by atoms with E-state index in [1.54, 1.807) is 0 Å². The van der Waals surface area contributed by atoms with Crippen LogP contribution in [0.4, 0.5) is 11.4 Å². The standard InChI is InChI=1S/C11H15N3/c1-8(2)13-11-7-12-9-5-3-4-6-10(9)14-11/h3-6,8,12H,7H2,1-2H3,(H,13,14). The minimum absolute atomic E-state index is 0.431. The van der Waals surface area contributed by atoms with Gasteiger partial charge >= 0.3 is 0 Å². The highest BCUT2D eigenvalue weighted by Gasteiger charge is 2.10. The van der Waals surface area contributed by atoms with Gasteiger partial charge in [-0.25, -0.2) is 4.99 Å². The Labute approximate surface area is 84.2 Å². The summed E-state index contributed by atoms with van der Waals surface area (Å²) in [5.41, 5.74) is 2.13. The molecular formula is C11H15N3. The second kappa shape index (κ2) is 3.70. The zero-order valence-corrected chi connectivity index (χ0v) is 8.54. The normalized spacial score (nSPS) is 14.4. The first-order valence-electron chi connectivity index (χ1n) is 4.93. The summed E-state index contributed by atoms with van der Waals surface area (Å²) in [6.07, 6.45) is 0. The summed E-state index contributed by atoms with van der Waals surface area (Å²) >= 11 is 0. The van der Waals surface area contributed by atoms with Crippen molar-refractivity contribution in [1.82, 2.24) is 5.32 Å². The van der Waals surface area contributed by atoms with Crippen molar-refractivity contribution >= 4 is 17.2 Å². The summed E-state index contributed by atoms with van der Waals surface area (Å²) < 4.78 is 0. The Morgan fingerprint density at radius 2 is 2.14 bits per heavy atom. The molecule has 1 aliphatic heterocycles. The number of para-hydroxylation sites is 2. The SMILES string of the molecule is CC(C)NC1=Nc2ccccc2NC1. The minimum atomic E-state index is 0.431. The quantitative estimate of drug-likeness (QED) is 0.710. The molecular weight excluding hydrogens is 174 g/mol. The molecule has 3 nitrogen and oxygen atoms in total. The molecule has 0 spiro atoms. The Kier molecular flexibility index (Phi) is 2.39. The molecule has 2 rings (SSSR count). The second-order valence-electron chi connectivity index (χ2n) is 3.73. The smallest absolute Gasteiger partial charge is 0.122 e. The van der Waals surface area contributed by atoms with Crippen LogP contribution in [-0.2, 0) is 0 Å². The maximum Gasteiger partial charge on any atom is 0.122 e. The molecule has 0 fully saturated rings. The number of hydrogen-bond donors (Lipinski definition) is 2. The van der Waals surface area contributed by atoms with E-state index >= 15 is 0 Å². The molecule has 2 N–H and O–H groups in total. The van der Waals surface area contributed by atoms with E-state index in [0.717, 1.165) is 23.8 Å². The van der Waals surface area contributed by atoms with E-state index in [1.165, 1.54) is 0 Å². The molecule has 1 aromatic rings. The molecule has 0 aromatic heterocycles. The van der Waals surface area contributed by atoms with Gasteiger partial charge in [0.25, 0.3) is 0 Å². The number of nitrogens with zero attached hydrogens (tertiary/aromatic N) is 1. The fraction of sp³-hybridized carbons (Fsp3) is 0.364. The van der Waals surface area contributed by atoms with E-state index < -0.39 is 0 Å². The van der Waals surface area contributed by atoms with Crippen LogP contribution >= 0.6 is 0 Å². The van der Waals surface area contributed by atoms with Gasteiger partial charge in [-0.05, 0) is 26.0 Å². The van der Waals surface area contributed by atoms with Crippen molar-refractivity contribution < 1.29 is 0 Å². The third-order valence-electron chi connectivity index (χ3n) is 2.06. The summed E-state index contributed by atoms with van der Waals surface area (Å²) in [4.78, 5) is 4.53. The molecule has 74 valence electrons. The molecule has 0 aliphatic carbocycles. The van der Waals surface area contributed by atoms with Crippen molar-refractivity contribution in [2.24, 2.45) is 4.99 Å². The lowest BCUT2D eigenvalue weighted by Gasteiger charge is -2.20. The van der Waals surface area contributed by atoms with Gasteiger partial charge < -0.3 is 10.6 Å². The van der Waals surface area contributed by atoms with E-state index in [0.29, 0.717) is 6.04 Å². The number of rotatable bonds is 1. The van der Waals surface area contributed by atoms with Crippen LogP contribution < -0.4 is 10.6 Å². The first kappa shape index (κ1) is 9.06.